The predicted octanol–water partition coefficient (Wildman–Crippen LogP) is 2.24. The average Bonchev–Trinajstić information content (AvgIpc) is 2.43. The van der Waals surface area contributed by atoms with Crippen molar-refractivity contribution in [2.24, 2.45) is 5.73 Å². The van der Waals surface area contributed by atoms with Crippen molar-refractivity contribution >= 4 is 39.0 Å². The fraction of sp³-hybridized carbons (Fsp3) is 0.467. The fourth-order valence-electron chi connectivity index (χ4n) is 2.56. The Morgan fingerprint density at radius 2 is 2.14 bits per heavy atom. The third kappa shape index (κ3) is 4.76. The van der Waals surface area contributed by atoms with E-state index >= 15 is 0 Å². The first kappa shape index (κ1) is 16.4. The topological polar surface area (TPSA) is 58.4 Å². The first-order valence-electron chi connectivity index (χ1n) is 7.03. The van der Waals surface area contributed by atoms with E-state index < -0.39 is 0 Å². The highest BCUT2D eigenvalue weighted by atomic mass is 79.9. The van der Waals surface area contributed by atoms with Crippen molar-refractivity contribution in [2.75, 3.05) is 19.6 Å². The lowest BCUT2D eigenvalue weighted by atomic mass is 10.0. The number of rotatable bonds is 4. The van der Waals surface area contributed by atoms with Crippen LogP contribution in [0.1, 0.15) is 28.8 Å². The van der Waals surface area contributed by atoms with Gasteiger partial charge < -0.3 is 11.1 Å². The van der Waals surface area contributed by atoms with Crippen LogP contribution in [0.15, 0.2) is 22.7 Å². The fourth-order valence-corrected chi connectivity index (χ4v) is 3.10. The number of halogens is 1. The number of aryl methyl sites for hydroxylation is 1. The van der Waals surface area contributed by atoms with Crippen LogP contribution in [-0.2, 0) is 0 Å². The van der Waals surface area contributed by atoms with Gasteiger partial charge in [-0.1, -0.05) is 34.2 Å². The number of benzene rings is 1. The van der Waals surface area contributed by atoms with Crippen LogP contribution in [0, 0.1) is 6.92 Å². The maximum absolute atomic E-state index is 12.4. The molecule has 1 aromatic rings. The monoisotopic (exact) mass is 369 g/mol. The van der Waals surface area contributed by atoms with Crippen molar-refractivity contribution in [3.8, 4) is 0 Å². The van der Waals surface area contributed by atoms with Crippen LogP contribution in [0.25, 0.3) is 0 Å². The van der Waals surface area contributed by atoms with E-state index in [0.717, 1.165) is 41.5 Å². The SMILES string of the molecule is Cc1ccc(Br)cc1C(=O)NC1CCN(CC(N)=S)CC1. The molecule has 114 valence electrons. The summed E-state index contributed by atoms with van der Waals surface area (Å²) in [5, 5.41) is 3.13. The molecule has 1 amide bonds. The molecule has 21 heavy (non-hydrogen) atoms. The normalized spacial score (nSPS) is 16.7. The number of thiocarbonyl (C=S) groups is 1. The van der Waals surface area contributed by atoms with Crippen LogP contribution in [-0.4, -0.2) is 41.5 Å². The van der Waals surface area contributed by atoms with Crippen molar-refractivity contribution in [1.29, 1.82) is 0 Å². The Balaban J connectivity index is 1.90. The van der Waals surface area contributed by atoms with E-state index in [1.807, 2.05) is 25.1 Å². The van der Waals surface area contributed by atoms with E-state index in [2.05, 4.69) is 26.1 Å². The van der Waals surface area contributed by atoms with Gasteiger partial charge in [-0.2, -0.15) is 0 Å². The second kappa shape index (κ2) is 7.33. The van der Waals surface area contributed by atoms with Crippen LogP contribution >= 0.6 is 28.1 Å². The largest absolute Gasteiger partial charge is 0.392 e. The summed E-state index contributed by atoms with van der Waals surface area (Å²) in [5.41, 5.74) is 7.28. The molecule has 1 fully saturated rings. The zero-order chi connectivity index (χ0) is 15.4. The molecule has 4 nitrogen and oxygen atoms in total. The molecular weight excluding hydrogens is 350 g/mol. The molecule has 0 saturated carbocycles. The zero-order valence-electron chi connectivity index (χ0n) is 12.1. The van der Waals surface area contributed by atoms with Gasteiger partial charge in [-0.25, -0.2) is 0 Å². The highest BCUT2D eigenvalue weighted by Gasteiger charge is 2.21. The van der Waals surface area contributed by atoms with Gasteiger partial charge in [-0.15, -0.1) is 0 Å². The Morgan fingerprint density at radius 3 is 2.76 bits per heavy atom. The number of nitrogens with zero attached hydrogens (tertiary/aromatic N) is 1. The number of amides is 1. The van der Waals surface area contributed by atoms with Crippen LogP contribution in [0.2, 0.25) is 0 Å². The van der Waals surface area contributed by atoms with Gasteiger partial charge in [0, 0.05) is 35.7 Å². The second-order valence-corrected chi connectivity index (χ2v) is 6.89. The number of nitrogens with two attached hydrogens (primary N) is 1. The van der Waals surface area contributed by atoms with Gasteiger partial charge in [0.2, 0.25) is 0 Å². The molecule has 2 rings (SSSR count). The minimum absolute atomic E-state index is 0.00148. The molecule has 0 atom stereocenters. The summed E-state index contributed by atoms with van der Waals surface area (Å²) in [6.07, 6.45) is 1.86. The van der Waals surface area contributed by atoms with Crippen molar-refractivity contribution < 1.29 is 4.79 Å². The van der Waals surface area contributed by atoms with E-state index in [4.69, 9.17) is 18.0 Å². The summed E-state index contributed by atoms with van der Waals surface area (Å²) in [6.45, 7) is 4.45. The quantitative estimate of drug-likeness (QED) is 0.799. The van der Waals surface area contributed by atoms with Crippen molar-refractivity contribution in [3.05, 3.63) is 33.8 Å². The van der Waals surface area contributed by atoms with Gasteiger partial charge in [-0.05, 0) is 37.5 Å². The first-order chi connectivity index (χ1) is 9.95. The van der Waals surface area contributed by atoms with Gasteiger partial charge in [0.25, 0.3) is 5.91 Å². The van der Waals surface area contributed by atoms with Crippen LogP contribution in [0.5, 0.6) is 0 Å². The van der Waals surface area contributed by atoms with Crippen molar-refractivity contribution in [2.45, 2.75) is 25.8 Å². The summed E-state index contributed by atoms with van der Waals surface area (Å²) < 4.78 is 0.921. The number of likely N-dealkylation sites (tertiary alicyclic amines) is 1. The maximum Gasteiger partial charge on any atom is 0.251 e. The predicted molar refractivity (Wildman–Crippen MR) is 92.6 cm³/mol. The molecule has 0 aromatic heterocycles. The molecule has 1 aliphatic rings. The maximum atomic E-state index is 12.4. The highest BCUT2D eigenvalue weighted by Crippen LogP contribution is 2.17. The number of piperidine rings is 1. The van der Waals surface area contributed by atoms with Gasteiger partial charge >= 0.3 is 0 Å². The Kier molecular flexibility index (Phi) is 5.72. The Bertz CT molecular complexity index is 542. The minimum atomic E-state index is 0.00148. The van der Waals surface area contributed by atoms with Crippen LogP contribution in [0.3, 0.4) is 0 Å². The van der Waals surface area contributed by atoms with Crippen molar-refractivity contribution in [3.63, 3.8) is 0 Å². The Morgan fingerprint density at radius 1 is 1.48 bits per heavy atom. The second-order valence-electron chi connectivity index (χ2n) is 5.45. The molecule has 3 N–H and O–H groups in total. The molecule has 1 aliphatic heterocycles. The molecule has 0 spiro atoms. The zero-order valence-corrected chi connectivity index (χ0v) is 14.5. The Hall–Kier alpha value is -0.980. The van der Waals surface area contributed by atoms with E-state index in [1.54, 1.807) is 0 Å². The molecule has 6 heteroatoms. The molecule has 1 saturated heterocycles. The smallest absolute Gasteiger partial charge is 0.251 e. The number of carbonyl (C=O) groups excluding carboxylic acids is 1. The van der Waals surface area contributed by atoms with Crippen LogP contribution in [0.4, 0.5) is 0 Å². The summed E-state index contributed by atoms with van der Waals surface area (Å²) in [6, 6.07) is 5.98. The molecule has 0 aliphatic carbocycles. The van der Waals surface area contributed by atoms with E-state index in [9.17, 15) is 4.79 Å². The lowest BCUT2D eigenvalue weighted by molar-refractivity contribution is 0.0914. The lowest BCUT2D eigenvalue weighted by Crippen LogP contribution is -2.46. The molecule has 1 aromatic carbocycles. The van der Waals surface area contributed by atoms with Gasteiger partial charge in [0.1, 0.15) is 0 Å². The summed E-state index contributed by atoms with van der Waals surface area (Å²) >= 11 is 8.34. The molecule has 0 bridgehead atoms. The first-order valence-corrected chi connectivity index (χ1v) is 8.23. The number of hydrogen-bond donors (Lipinski definition) is 2. The highest BCUT2D eigenvalue weighted by molar-refractivity contribution is 9.10. The molecule has 1 heterocycles. The summed E-state index contributed by atoms with van der Waals surface area (Å²) in [7, 11) is 0. The average molecular weight is 370 g/mol. The third-order valence-corrected chi connectivity index (χ3v) is 4.37. The summed E-state index contributed by atoms with van der Waals surface area (Å²) in [4.78, 5) is 15.1. The van der Waals surface area contributed by atoms with Crippen LogP contribution < -0.4 is 11.1 Å². The number of carbonyl (C=O) groups is 1. The number of hydrogen-bond acceptors (Lipinski definition) is 3. The molecular formula is C15H20BrN3OS. The van der Waals surface area contributed by atoms with Gasteiger partial charge in [0.15, 0.2) is 0 Å². The standard InChI is InChI=1S/C15H20BrN3OS/c1-10-2-3-11(16)8-13(10)15(20)18-12-4-6-19(7-5-12)9-14(17)21/h2-3,8,12H,4-7,9H2,1H3,(H2,17,21)(H,18,20). The lowest BCUT2D eigenvalue weighted by Gasteiger charge is -2.32. The van der Waals surface area contributed by atoms with E-state index in [1.165, 1.54) is 0 Å². The minimum Gasteiger partial charge on any atom is -0.392 e. The van der Waals surface area contributed by atoms with Gasteiger partial charge in [0.05, 0.1) is 4.99 Å². The van der Waals surface area contributed by atoms with Crippen molar-refractivity contribution in [1.82, 2.24) is 10.2 Å². The van der Waals surface area contributed by atoms with E-state index in [0.29, 0.717) is 11.5 Å². The molecule has 0 radical (unpaired) electrons. The third-order valence-electron chi connectivity index (χ3n) is 3.75. The molecule has 0 unspecified atom stereocenters. The van der Waals surface area contributed by atoms with E-state index in [-0.39, 0.29) is 11.9 Å². The van der Waals surface area contributed by atoms with Gasteiger partial charge in [-0.3, -0.25) is 9.69 Å². The Labute approximate surface area is 139 Å². The summed E-state index contributed by atoms with van der Waals surface area (Å²) in [5.74, 6) is 0.00148. The number of nitrogens with one attached hydrogen (secondary N) is 1.